The van der Waals surface area contributed by atoms with E-state index < -0.39 is 0 Å². The molecule has 0 aromatic rings. The molecule has 0 spiro atoms. The maximum absolute atomic E-state index is 8.04. The van der Waals surface area contributed by atoms with Crippen molar-refractivity contribution in [1.29, 1.82) is 0 Å². The van der Waals surface area contributed by atoms with Crippen LogP contribution in [0.4, 0.5) is 0 Å². The molecule has 0 fully saturated rings. The summed E-state index contributed by atoms with van der Waals surface area (Å²) in [5.41, 5.74) is 8.04. The molecule has 0 aromatic heterocycles. The van der Waals surface area contributed by atoms with Crippen molar-refractivity contribution in [3.05, 3.63) is 10.4 Å². The van der Waals surface area contributed by atoms with E-state index >= 15 is 0 Å². The van der Waals surface area contributed by atoms with Crippen LogP contribution in [0.5, 0.6) is 0 Å². The van der Waals surface area contributed by atoms with Gasteiger partial charge in [-0.15, -0.1) is 12.3 Å². The van der Waals surface area contributed by atoms with Crippen LogP contribution >= 0.6 is 0 Å². The van der Waals surface area contributed by atoms with Crippen LogP contribution in [0.3, 0.4) is 0 Å². The van der Waals surface area contributed by atoms with Gasteiger partial charge in [-0.25, -0.2) is 0 Å². The van der Waals surface area contributed by atoms with Crippen molar-refractivity contribution in [1.82, 2.24) is 5.32 Å². The first-order chi connectivity index (χ1) is 8.41. The van der Waals surface area contributed by atoms with E-state index in [0.717, 1.165) is 19.5 Å². The number of ether oxygens (including phenoxy) is 2. The fourth-order valence-corrected chi connectivity index (χ4v) is 1.04. The lowest BCUT2D eigenvalue weighted by Crippen LogP contribution is -2.22. The minimum atomic E-state index is 0.535. The zero-order chi connectivity index (χ0) is 12.6. The fraction of sp³-hybridized carbons (Fsp3) is 0.818. The van der Waals surface area contributed by atoms with Crippen molar-refractivity contribution < 1.29 is 9.47 Å². The minimum Gasteiger partial charge on any atom is -0.378 e. The summed E-state index contributed by atoms with van der Waals surface area (Å²) in [7, 11) is 0. The number of hydrogen-bond acceptors (Lipinski definition) is 4. The molecule has 0 aliphatic carbocycles. The maximum atomic E-state index is 8.04. The van der Waals surface area contributed by atoms with E-state index in [1.54, 1.807) is 0 Å². The third kappa shape index (κ3) is 14.8. The first kappa shape index (κ1) is 15.8. The third-order valence-corrected chi connectivity index (χ3v) is 1.86. The molecule has 0 atom stereocenters. The molecular weight excluding hydrogens is 220 g/mol. The van der Waals surface area contributed by atoms with Gasteiger partial charge in [0.15, 0.2) is 0 Å². The van der Waals surface area contributed by atoms with Gasteiger partial charge < -0.3 is 14.8 Å². The molecule has 6 nitrogen and oxygen atoms in total. The average Bonchev–Trinajstić information content (AvgIpc) is 2.35. The summed E-state index contributed by atoms with van der Waals surface area (Å²) in [5, 5.41) is 6.61. The van der Waals surface area contributed by atoms with Crippen LogP contribution in [0.15, 0.2) is 5.11 Å². The van der Waals surface area contributed by atoms with Crippen molar-refractivity contribution in [2.45, 2.75) is 12.8 Å². The Morgan fingerprint density at radius 1 is 1.18 bits per heavy atom. The van der Waals surface area contributed by atoms with Crippen molar-refractivity contribution >= 4 is 0 Å². The van der Waals surface area contributed by atoms with Gasteiger partial charge in [0.2, 0.25) is 0 Å². The van der Waals surface area contributed by atoms with E-state index in [4.69, 9.17) is 21.4 Å². The lowest BCUT2D eigenvalue weighted by atomic mass is 10.4. The van der Waals surface area contributed by atoms with Crippen molar-refractivity contribution in [3.63, 3.8) is 0 Å². The predicted octanol–water partition coefficient (Wildman–Crippen LogP) is 1.33. The average molecular weight is 240 g/mol. The maximum Gasteiger partial charge on any atom is 0.0701 e. The Morgan fingerprint density at radius 2 is 1.94 bits per heavy atom. The van der Waals surface area contributed by atoms with Crippen molar-refractivity contribution in [3.8, 4) is 12.3 Å². The Hall–Kier alpha value is -1.25. The zero-order valence-electron chi connectivity index (χ0n) is 10.1. The number of terminal acetylenes is 1. The van der Waals surface area contributed by atoms with Gasteiger partial charge in [-0.1, -0.05) is 5.11 Å². The van der Waals surface area contributed by atoms with E-state index in [1.807, 2.05) is 0 Å². The molecule has 0 amide bonds. The second-order valence-corrected chi connectivity index (χ2v) is 3.24. The summed E-state index contributed by atoms with van der Waals surface area (Å²) in [6.45, 7) is 4.58. The van der Waals surface area contributed by atoms with E-state index in [1.165, 1.54) is 0 Å². The van der Waals surface area contributed by atoms with Crippen LogP contribution in [-0.4, -0.2) is 46.1 Å². The quantitative estimate of drug-likeness (QED) is 0.184. The molecule has 17 heavy (non-hydrogen) atoms. The smallest absolute Gasteiger partial charge is 0.0701 e. The Morgan fingerprint density at radius 3 is 2.65 bits per heavy atom. The first-order valence-electron chi connectivity index (χ1n) is 5.72. The SMILES string of the molecule is C#CCCOCCOCCNCCCN=[N+]=[N-]. The summed E-state index contributed by atoms with van der Waals surface area (Å²) in [5.74, 6) is 2.50. The summed E-state index contributed by atoms with van der Waals surface area (Å²) in [6, 6.07) is 0. The molecule has 0 saturated heterocycles. The van der Waals surface area contributed by atoms with Crippen LogP contribution in [0.25, 0.3) is 10.4 Å². The van der Waals surface area contributed by atoms with E-state index in [2.05, 4.69) is 21.3 Å². The molecule has 6 heteroatoms. The Bertz CT molecular complexity index is 246. The molecule has 0 unspecified atom stereocenters. The van der Waals surface area contributed by atoms with E-state index in [-0.39, 0.29) is 0 Å². The monoisotopic (exact) mass is 240 g/mol. The minimum absolute atomic E-state index is 0.535. The van der Waals surface area contributed by atoms with Gasteiger partial charge in [-0.05, 0) is 18.5 Å². The molecule has 0 radical (unpaired) electrons. The van der Waals surface area contributed by atoms with Gasteiger partial charge in [-0.3, -0.25) is 0 Å². The lowest BCUT2D eigenvalue weighted by molar-refractivity contribution is 0.0511. The van der Waals surface area contributed by atoms with Gasteiger partial charge in [0, 0.05) is 24.4 Å². The number of nitrogens with zero attached hydrogens (tertiary/aromatic N) is 3. The Balaban J connectivity index is 2.94. The molecule has 0 bridgehead atoms. The molecule has 0 heterocycles. The van der Waals surface area contributed by atoms with Crippen molar-refractivity contribution in [2.24, 2.45) is 5.11 Å². The number of rotatable bonds is 12. The second-order valence-electron chi connectivity index (χ2n) is 3.24. The highest BCUT2D eigenvalue weighted by Crippen LogP contribution is 1.82. The Labute approximate surface area is 102 Å². The summed E-state index contributed by atoms with van der Waals surface area (Å²) < 4.78 is 10.5. The molecular formula is C11H20N4O2. The number of nitrogens with one attached hydrogen (secondary N) is 1. The third-order valence-electron chi connectivity index (χ3n) is 1.86. The topological polar surface area (TPSA) is 79.2 Å². The standard InChI is InChI=1S/C11H20N4O2/c1-2-3-8-16-10-11-17-9-7-13-5-4-6-14-15-12/h1,13H,3-11H2. The van der Waals surface area contributed by atoms with E-state index in [9.17, 15) is 0 Å². The molecule has 0 aromatic carbocycles. The first-order valence-corrected chi connectivity index (χ1v) is 5.72. The highest BCUT2D eigenvalue weighted by atomic mass is 16.5. The van der Waals surface area contributed by atoms with Crippen LogP contribution in [0.2, 0.25) is 0 Å². The molecule has 0 saturated carbocycles. The summed E-state index contributed by atoms with van der Waals surface area (Å²) in [6.07, 6.45) is 6.56. The fourth-order valence-electron chi connectivity index (χ4n) is 1.04. The molecule has 0 rings (SSSR count). The van der Waals surface area contributed by atoms with Crippen LogP contribution in [0.1, 0.15) is 12.8 Å². The molecule has 96 valence electrons. The summed E-state index contributed by atoms with van der Waals surface area (Å²) >= 11 is 0. The van der Waals surface area contributed by atoms with Gasteiger partial charge in [0.25, 0.3) is 0 Å². The highest BCUT2D eigenvalue weighted by molar-refractivity contribution is 4.82. The normalized spacial score (nSPS) is 9.59. The van der Waals surface area contributed by atoms with E-state index in [0.29, 0.717) is 39.4 Å². The number of azide groups is 1. The van der Waals surface area contributed by atoms with Crippen LogP contribution < -0.4 is 5.32 Å². The molecule has 0 aliphatic rings. The zero-order valence-corrected chi connectivity index (χ0v) is 10.1. The number of hydrogen-bond donors (Lipinski definition) is 1. The van der Waals surface area contributed by atoms with Gasteiger partial charge in [-0.2, -0.15) is 0 Å². The largest absolute Gasteiger partial charge is 0.378 e. The lowest BCUT2D eigenvalue weighted by Gasteiger charge is -2.05. The molecule has 0 aliphatic heterocycles. The highest BCUT2D eigenvalue weighted by Gasteiger charge is 1.90. The predicted molar refractivity (Wildman–Crippen MR) is 66.6 cm³/mol. The van der Waals surface area contributed by atoms with Crippen molar-refractivity contribution in [2.75, 3.05) is 46.1 Å². The van der Waals surface area contributed by atoms with Gasteiger partial charge in [0.05, 0.1) is 26.4 Å². The van der Waals surface area contributed by atoms with Gasteiger partial charge >= 0.3 is 0 Å². The van der Waals surface area contributed by atoms with Crippen LogP contribution in [0, 0.1) is 12.3 Å². The Kier molecular flexibility index (Phi) is 13.7. The summed E-state index contributed by atoms with van der Waals surface area (Å²) in [4.78, 5) is 2.67. The van der Waals surface area contributed by atoms with Gasteiger partial charge in [0.1, 0.15) is 0 Å². The van der Waals surface area contributed by atoms with Crippen LogP contribution in [-0.2, 0) is 9.47 Å². The molecule has 1 N–H and O–H groups in total. The second kappa shape index (κ2) is 14.8.